The van der Waals surface area contributed by atoms with Crippen LogP contribution in [0.2, 0.25) is 0 Å². The van der Waals surface area contributed by atoms with E-state index in [0.717, 1.165) is 12.8 Å². The molecular weight excluding hydrogens is 196 g/mol. The molecule has 2 heteroatoms. The number of hydrogen-bond donors (Lipinski definition) is 0. The molecule has 1 aromatic carbocycles. The summed E-state index contributed by atoms with van der Waals surface area (Å²) in [5.41, 5.74) is 1.32. The Kier molecular flexibility index (Phi) is 8.25. The molecule has 0 aliphatic rings. The van der Waals surface area contributed by atoms with Crippen LogP contribution in [-0.2, 0) is 4.79 Å². The zero-order valence-electron chi connectivity index (χ0n) is 8.79. The van der Waals surface area contributed by atoms with Crippen LogP contribution in [0.1, 0.15) is 31.7 Å². The van der Waals surface area contributed by atoms with Gasteiger partial charge in [-0.3, -0.25) is 4.79 Å². The van der Waals surface area contributed by atoms with Gasteiger partial charge in [0.25, 0.3) is 0 Å². The minimum absolute atomic E-state index is 0.221. The predicted octanol–water partition coefficient (Wildman–Crippen LogP) is 3.94. The van der Waals surface area contributed by atoms with E-state index in [9.17, 15) is 4.79 Å². The van der Waals surface area contributed by atoms with E-state index in [1.54, 1.807) is 0 Å². The van der Waals surface area contributed by atoms with Crippen molar-refractivity contribution in [3.8, 4) is 0 Å². The molecule has 0 aliphatic carbocycles. The molecule has 1 aromatic rings. The van der Waals surface area contributed by atoms with Gasteiger partial charge >= 0.3 is 0 Å². The van der Waals surface area contributed by atoms with E-state index in [2.05, 4.69) is 19.1 Å². The number of aryl methyl sites for hydroxylation is 1. The molecule has 0 amide bonds. The molecule has 78 valence electrons. The third-order valence-electron chi connectivity index (χ3n) is 1.67. The SMILES string of the molecule is CCCCC(=O)Cl.Cc1ccccc1. The Hall–Kier alpha value is -0.820. The fourth-order valence-corrected chi connectivity index (χ4v) is 0.984. The average molecular weight is 213 g/mol. The maximum Gasteiger partial charge on any atom is 0.221 e. The van der Waals surface area contributed by atoms with Gasteiger partial charge in [0.1, 0.15) is 0 Å². The molecule has 14 heavy (non-hydrogen) atoms. The monoisotopic (exact) mass is 212 g/mol. The Labute approximate surface area is 91.1 Å². The molecule has 0 saturated carbocycles. The van der Waals surface area contributed by atoms with E-state index in [-0.39, 0.29) is 5.24 Å². The minimum atomic E-state index is -0.221. The zero-order valence-corrected chi connectivity index (χ0v) is 9.55. The van der Waals surface area contributed by atoms with Gasteiger partial charge in [0.05, 0.1) is 0 Å². The van der Waals surface area contributed by atoms with Crippen LogP contribution in [0.4, 0.5) is 0 Å². The summed E-state index contributed by atoms with van der Waals surface area (Å²) in [7, 11) is 0. The lowest BCUT2D eigenvalue weighted by atomic mass is 10.2. The van der Waals surface area contributed by atoms with Crippen LogP contribution in [-0.4, -0.2) is 5.24 Å². The Morgan fingerprint density at radius 1 is 1.29 bits per heavy atom. The standard InChI is InChI=1S/C7H8.C5H9ClO/c1-7-5-3-2-4-6-7;1-2-3-4-5(6)7/h2-6H,1H3;2-4H2,1H3. The highest BCUT2D eigenvalue weighted by molar-refractivity contribution is 6.63. The molecule has 0 fully saturated rings. The lowest BCUT2D eigenvalue weighted by Crippen LogP contribution is -1.82. The first-order valence-electron chi connectivity index (χ1n) is 4.86. The van der Waals surface area contributed by atoms with Crippen LogP contribution in [0.5, 0.6) is 0 Å². The smallest absolute Gasteiger partial charge is 0.221 e. The molecule has 0 saturated heterocycles. The van der Waals surface area contributed by atoms with Gasteiger partial charge < -0.3 is 0 Å². The quantitative estimate of drug-likeness (QED) is 0.694. The maximum atomic E-state index is 9.97. The molecule has 0 aromatic heterocycles. The van der Waals surface area contributed by atoms with Crippen LogP contribution in [0, 0.1) is 6.92 Å². The number of carbonyl (C=O) groups excluding carboxylic acids is 1. The van der Waals surface area contributed by atoms with Gasteiger partial charge in [0.15, 0.2) is 0 Å². The zero-order chi connectivity index (χ0) is 10.8. The highest BCUT2D eigenvalue weighted by atomic mass is 35.5. The maximum absolute atomic E-state index is 9.97. The summed E-state index contributed by atoms with van der Waals surface area (Å²) in [5, 5.41) is -0.221. The van der Waals surface area contributed by atoms with E-state index in [1.165, 1.54) is 5.56 Å². The number of carbonyl (C=O) groups is 1. The third kappa shape index (κ3) is 9.27. The Morgan fingerprint density at radius 3 is 2.07 bits per heavy atom. The van der Waals surface area contributed by atoms with Crippen molar-refractivity contribution in [2.75, 3.05) is 0 Å². The minimum Gasteiger partial charge on any atom is -0.281 e. The summed E-state index contributed by atoms with van der Waals surface area (Å²) in [6.45, 7) is 4.11. The van der Waals surface area contributed by atoms with E-state index in [1.807, 2.05) is 25.1 Å². The summed E-state index contributed by atoms with van der Waals surface area (Å²) >= 11 is 5.02. The summed E-state index contributed by atoms with van der Waals surface area (Å²) < 4.78 is 0. The largest absolute Gasteiger partial charge is 0.281 e. The first kappa shape index (κ1) is 13.2. The van der Waals surface area contributed by atoms with Crippen LogP contribution < -0.4 is 0 Å². The molecule has 0 spiro atoms. The van der Waals surface area contributed by atoms with Crippen molar-refractivity contribution < 1.29 is 4.79 Å². The number of hydrogen-bond acceptors (Lipinski definition) is 1. The number of rotatable bonds is 3. The van der Waals surface area contributed by atoms with Crippen LogP contribution in [0.3, 0.4) is 0 Å². The number of halogens is 1. The molecule has 0 atom stereocenters. The molecular formula is C12H17ClO. The van der Waals surface area contributed by atoms with Crippen molar-refractivity contribution in [3.05, 3.63) is 35.9 Å². The molecule has 0 aliphatic heterocycles. The number of benzene rings is 1. The van der Waals surface area contributed by atoms with E-state index < -0.39 is 0 Å². The molecule has 0 heterocycles. The van der Waals surface area contributed by atoms with Gasteiger partial charge in [-0.05, 0) is 24.9 Å². The van der Waals surface area contributed by atoms with Crippen molar-refractivity contribution in [1.29, 1.82) is 0 Å². The second-order valence-corrected chi connectivity index (χ2v) is 3.53. The van der Waals surface area contributed by atoms with Gasteiger partial charge in [-0.25, -0.2) is 0 Å². The molecule has 1 nitrogen and oxygen atoms in total. The fourth-order valence-electron chi connectivity index (χ4n) is 0.850. The van der Waals surface area contributed by atoms with Crippen LogP contribution in [0.25, 0.3) is 0 Å². The van der Waals surface area contributed by atoms with Crippen molar-refractivity contribution in [2.45, 2.75) is 33.1 Å². The summed E-state index contributed by atoms with van der Waals surface area (Å²) in [5.74, 6) is 0. The Balaban J connectivity index is 0.000000241. The van der Waals surface area contributed by atoms with Crippen molar-refractivity contribution >= 4 is 16.8 Å². The molecule has 1 rings (SSSR count). The van der Waals surface area contributed by atoms with E-state index >= 15 is 0 Å². The average Bonchev–Trinajstić information content (AvgIpc) is 2.17. The molecule has 0 radical (unpaired) electrons. The fraction of sp³-hybridized carbons (Fsp3) is 0.417. The lowest BCUT2D eigenvalue weighted by Gasteiger charge is -1.84. The highest BCUT2D eigenvalue weighted by Crippen LogP contribution is 1.96. The van der Waals surface area contributed by atoms with Crippen molar-refractivity contribution in [1.82, 2.24) is 0 Å². The molecule has 0 N–H and O–H groups in total. The van der Waals surface area contributed by atoms with Crippen molar-refractivity contribution in [3.63, 3.8) is 0 Å². The summed E-state index contributed by atoms with van der Waals surface area (Å²) in [4.78, 5) is 9.97. The number of unbranched alkanes of at least 4 members (excludes halogenated alkanes) is 1. The normalized spacial score (nSPS) is 8.79. The van der Waals surface area contributed by atoms with Crippen molar-refractivity contribution in [2.24, 2.45) is 0 Å². The van der Waals surface area contributed by atoms with Gasteiger partial charge in [-0.1, -0.05) is 49.2 Å². The molecule has 0 bridgehead atoms. The summed E-state index contributed by atoms with van der Waals surface area (Å²) in [6, 6.07) is 10.3. The van der Waals surface area contributed by atoms with Gasteiger partial charge in [-0.2, -0.15) is 0 Å². The third-order valence-corrected chi connectivity index (χ3v) is 1.86. The Morgan fingerprint density at radius 2 is 1.86 bits per heavy atom. The first-order valence-corrected chi connectivity index (χ1v) is 5.24. The van der Waals surface area contributed by atoms with E-state index in [0.29, 0.717) is 6.42 Å². The van der Waals surface area contributed by atoms with Gasteiger partial charge in [-0.15, -0.1) is 0 Å². The van der Waals surface area contributed by atoms with Gasteiger partial charge in [0.2, 0.25) is 5.24 Å². The van der Waals surface area contributed by atoms with Gasteiger partial charge in [0, 0.05) is 6.42 Å². The van der Waals surface area contributed by atoms with Crippen LogP contribution >= 0.6 is 11.6 Å². The predicted molar refractivity (Wildman–Crippen MR) is 61.6 cm³/mol. The summed E-state index contributed by atoms with van der Waals surface area (Å²) in [6.07, 6.45) is 2.48. The first-order chi connectivity index (χ1) is 6.66. The second kappa shape index (κ2) is 8.76. The van der Waals surface area contributed by atoms with Crippen LogP contribution in [0.15, 0.2) is 30.3 Å². The lowest BCUT2D eigenvalue weighted by molar-refractivity contribution is -0.111. The Bertz CT molecular complexity index is 244. The second-order valence-electron chi connectivity index (χ2n) is 3.11. The molecule has 0 unspecified atom stereocenters. The van der Waals surface area contributed by atoms with E-state index in [4.69, 9.17) is 11.6 Å². The highest BCUT2D eigenvalue weighted by Gasteiger charge is 1.90. The topological polar surface area (TPSA) is 17.1 Å².